The van der Waals surface area contributed by atoms with E-state index in [0.29, 0.717) is 0 Å². The van der Waals surface area contributed by atoms with Crippen molar-refractivity contribution in [2.45, 2.75) is 34.6 Å². The van der Waals surface area contributed by atoms with Gasteiger partial charge in [0.1, 0.15) is 20.2 Å². The van der Waals surface area contributed by atoms with Crippen LogP contribution in [-0.2, 0) is 4.57 Å². The summed E-state index contributed by atoms with van der Waals surface area (Å²) in [6.07, 6.45) is 6.58. The summed E-state index contributed by atoms with van der Waals surface area (Å²) in [6, 6.07) is 15.1. The monoisotopic (exact) mass is 459 g/mol. The Morgan fingerprint density at radius 2 is 1.61 bits per heavy atom. The summed E-state index contributed by atoms with van der Waals surface area (Å²) in [5.41, 5.74) is 8.15. The van der Waals surface area contributed by atoms with Crippen molar-refractivity contribution in [3.63, 3.8) is 0 Å². The molecule has 0 spiro atoms. The molecule has 1 aliphatic heterocycles. The van der Waals surface area contributed by atoms with Crippen LogP contribution in [0.3, 0.4) is 0 Å². The topological polar surface area (TPSA) is 23.3 Å². The molecular weight excluding hydrogens is 423 g/mol. The Bertz CT molecular complexity index is 1250. The molecule has 0 fully saturated rings. The third-order valence-electron chi connectivity index (χ3n) is 7.09. The van der Waals surface area contributed by atoms with Crippen LogP contribution in [0.25, 0.3) is 5.57 Å². The lowest BCUT2D eigenvalue weighted by atomic mass is 9.87. The Hall–Kier alpha value is -2.64. The molecule has 4 rings (SSSR count). The number of hydrogen-bond donors (Lipinski definition) is 0. The fourth-order valence-corrected chi connectivity index (χ4v) is 7.47. The zero-order chi connectivity index (χ0) is 23.8. The second-order valence-electron chi connectivity index (χ2n) is 8.86. The zero-order valence-electron chi connectivity index (χ0n) is 20.9. The van der Waals surface area contributed by atoms with Gasteiger partial charge in [0, 0.05) is 41.5 Å². The minimum atomic E-state index is -2.79. The van der Waals surface area contributed by atoms with Gasteiger partial charge in [-0.25, -0.2) is 4.58 Å². The van der Waals surface area contributed by atoms with Crippen LogP contribution >= 0.6 is 7.14 Å². The Labute approximate surface area is 199 Å². The zero-order valence-corrected chi connectivity index (χ0v) is 21.7. The first-order chi connectivity index (χ1) is 15.9. The number of allylic oxidation sites excluding steroid dienone is 5. The van der Waals surface area contributed by atoms with E-state index in [9.17, 15) is 4.57 Å². The summed E-state index contributed by atoms with van der Waals surface area (Å²) >= 11 is 0. The van der Waals surface area contributed by atoms with Crippen molar-refractivity contribution in [3.05, 3.63) is 88.3 Å². The van der Waals surface area contributed by atoms with E-state index in [2.05, 4.69) is 105 Å². The van der Waals surface area contributed by atoms with Crippen molar-refractivity contribution in [3.8, 4) is 0 Å². The number of fused-ring (bicyclic) bond motifs is 2. The van der Waals surface area contributed by atoms with E-state index in [-0.39, 0.29) is 0 Å². The molecule has 1 aliphatic carbocycles. The van der Waals surface area contributed by atoms with Gasteiger partial charge in [0.15, 0.2) is 0 Å². The first-order valence-electron chi connectivity index (χ1n) is 12.2. The van der Waals surface area contributed by atoms with Crippen LogP contribution in [0.1, 0.15) is 44.4 Å². The van der Waals surface area contributed by atoms with E-state index in [1.807, 2.05) is 6.66 Å². The molecule has 172 valence electrons. The van der Waals surface area contributed by atoms with Crippen molar-refractivity contribution in [1.82, 2.24) is 0 Å². The van der Waals surface area contributed by atoms with Crippen LogP contribution in [0.2, 0.25) is 0 Å². The van der Waals surface area contributed by atoms with E-state index in [1.54, 1.807) is 0 Å². The maximum atomic E-state index is 14.6. The highest BCUT2D eigenvalue weighted by atomic mass is 31.2. The lowest BCUT2D eigenvalue weighted by Crippen LogP contribution is -2.27. The molecule has 0 saturated carbocycles. The highest BCUT2D eigenvalue weighted by Gasteiger charge is 2.38. The standard InChI is InChI=1S/C29H36N2OP/c1-7-30(8-2)22-15-17-25-27(19-22)33(6,32)28-20-23(31(9-3)10-4)16-18-26(28)29(25)24-14-12-11-13-21(24)5/h11-20H,7-10H2,1-6H3/q+1. The van der Waals surface area contributed by atoms with Crippen molar-refractivity contribution in [1.29, 1.82) is 0 Å². The summed E-state index contributed by atoms with van der Waals surface area (Å²) in [4.78, 5) is 2.33. The largest absolute Gasteiger partial charge is 0.372 e. The second-order valence-corrected chi connectivity index (χ2v) is 11.7. The molecule has 0 amide bonds. The molecule has 0 saturated heterocycles. The van der Waals surface area contributed by atoms with Crippen LogP contribution in [-0.4, -0.2) is 43.1 Å². The molecule has 4 heteroatoms. The normalized spacial score (nSPS) is 19.2. The van der Waals surface area contributed by atoms with Gasteiger partial charge in [-0.15, -0.1) is 0 Å². The van der Waals surface area contributed by atoms with Crippen LogP contribution < -0.4 is 10.2 Å². The third-order valence-corrected chi connectivity index (χ3v) is 9.67. The third kappa shape index (κ3) is 3.97. The van der Waals surface area contributed by atoms with Crippen LogP contribution in [0.15, 0.2) is 71.6 Å². The van der Waals surface area contributed by atoms with E-state index >= 15 is 0 Å². The van der Waals surface area contributed by atoms with Gasteiger partial charge in [-0.1, -0.05) is 30.3 Å². The maximum Gasteiger partial charge on any atom is 0.200 e. The number of anilines is 1. The van der Waals surface area contributed by atoms with Crippen LogP contribution in [0.4, 0.5) is 5.69 Å². The lowest BCUT2D eigenvalue weighted by molar-refractivity contribution is -0.519. The first kappa shape index (κ1) is 23.5. The summed E-state index contributed by atoms with van der Waals surface area (Å²) in [5.74, 6) is 0. The molecule has 1 atom stereocenters. The number of nitrogens with zero attached hydrogens (tertiary/aromatic N) is 2. The molecule has 2 aliphatic rings. The Morgan fingerprint density at radius 3 is 2.24 bits per heavy atom. The lowest BCUT2D eigenvalue weighted by Gasteiger charge is -2.33. The van der Waals surface area contributed by atoms with Gasteiger partial charge in [0.2, 0.25) is 5.71 Å². The first-order valence-corrected chi connectivity index (χ1v) is 14.3. The van der Waals surface area contributed by atoms with Crippen molar-refractivity contribution in [2.75, 3.05) is 37.7 Å². The quantitative estimate of drug-likeness (QED) is 0.378. The van der Waals surface area contributed by atoms with E-state index in [1.165, 1.54) is 16.7 Å². The predicted molar refractivity (Wildman–Crippen MR) is 144 cm³/mol. The van der Waals surface area contributed by atoms with Crippen molar-refractivity contribution in [2.24, 2.45) is 0 Å². The smallest absolute Gasteiger partial charge is 0.200 e. The van der Waals surface area contributed by atoms with E-state index < -0.39 is 7.14 Å². The van der Waals surface area contributed by atoms with Gasteiger partial charge in [0.05, 0.1) is 0 Å². The molecule has 0 radical (unpaired) electrons. The Kier molecular flexibility index (Phi) is 6.64. The van der Waals surface area contributed by atoms with Gasteiger partial charge in [-0.2, -0.15) is 0 Å². The SMILES string of the molecule is CCN(CC)c1ccc2c(c1)P(C)(=O)C1=CC(=[N+](CC)CC)C=CC1=C2c1ccccc1C. The summed E-state index contributed by atoms with van der Waals surface area (Å²) in [7, 11) is -2.79. The number of rotatable bonds is 6. The van der Waals surface area contributed by atoms with Gasteiger partial charge in [-0.3, -0.25) is 0 Å². The molecule has 3 nitrogen and oxygen atoms in total. The van der Waals surface area contributed by atoms with Gasteiger partial charge >= 0.3 is 0 Å². The van der Waals surface area contributed by atoms with Gasteiger partial charge in [-0.05, 0) is 87.3 Å². The highest BCUT2D eigenvalue weighted by molar-refractivity contribution is 7.75. The Balaban J connectivity index is 2.07. The fourth-order valence-electron chi connectivity index (χ4n) is 5.16. The number of benzene rings is 2. The average molecular weight is 460 g/mol. The average Bonchev–Trinajstić information content (AvgIpc) is 2.82. The molecule has 1 heterocycles. The fraction of sp³-hybridized carbons (Fsp3) is 0.345. The molecule has 0 bridgehead atoms. The Morgan fingerprint density at radius 1 is 0.909 bits per heavy atom. The maximum absolute atomic E-state index is 14.6. The highest BCUT2D eigenvalue weighted by Crippen LogP contribution is 2.60. The van der Waals surface area contributed by atoms with Crippen LogP contribution in [0.5, 0.6) is 0 Å². The summed E-state index contributed by atoms with van der Waals surface area (Å²) < 4.78 is 16.9. The van der Waals surface area contributed by atoms with E-state index in [0.717, 1.165) is 59.3 Å². The second kappa shape index (κ2) is 9.31. The van der Waals surface area contributed by atoms with Crippen molar-refractivity contribution < 1.29 is 9.14 Å². The molecule has 33 heavy (non-hydrogen) atoms. The van der Waals surface area contributed by atoms with Crippen molar-refractivity contribution >= 4 is 29.4 Å². The molecule has 0 aromatic heterocycles. The van der Waals surface area contributed by atoms with Gasteiger partial charge < -0.3 is 9.46 Å². The minimum Gasteiger partial charge on any atom is -0.372 e. The summed E-state index contributed by atoms with van der Waals surface area (Å²) in [5, 5.41) is 1.96. The molecular formula is C29H36N2OP+. The van der Waals surface area contributed by atoms with Crippen LogP contribution in [0, 0.1) is 6.92 Å². The minimum absolute atomic E-state index is 0.931. The molecule has 2 aromatic rings. The molecule has 2 aromatic carbocycles. The summed E-state index contributed by atoms with van der Waals surface area (Å²) in [6.45, 7) is 16.5. The predicted octanol–water partition coefficient (Wildman–Crippen LogP) is 6.22. The number of hydrogen-bond acceptors (Lipinski definition) is 2. The van der Waals surface area contributed by atoms with E-state index in [4.69, 9.17) is 0 Å². The molecule has 1 unspecified atom stereocenters. The number of aryl methyl sites for hydroxylation is 1. The molecule has 0 N–H and O–H groups in total. The van der Waals surface area contributed by atoms with Gasteiger partial charge in [0.25, 0.3) is 0 Å².